The Morgan fingerprint density at radius 3 is 2.64 bits per heavy atom. The maximum absolute atomic E-state index is 9.53. The second-order valence-electron chi connectivity index (χ2n) is 3.09. The van der Waals surface area contributed by atoms with Crippen LogP contribution >= 0.6 is 0 Å². The van der Waals surface area contributed by atoms with E-state index in [0.29, 0.717) is 0 Å². The molecule has 0 spiro atoms. The number of rotatable bonds is 0. The summed E-state index contributed by atoms with van der Waals surface area (Å²) in [5.74, 6) is -0.106. The second kappa shape index (κ2) is 3.20. The van der Waals surface area contributed by atoms with E-state index in [1.807, 2.05) is 19.9 Å². The molecule has 0 saturated carbocycles. The lowest BCUT2D eigenvalue weighted by Gasteiger charge is -2.20. The molecule has 1 rings (SSSR count). The topological polar surface area (TPSA) is 40.5 Å². The summed E-state index contributed by atoms with van der Waals surface area (Å²) in [5.41, 5.74) is 0.908. The average molecular weight is 154 g/mol. The number of aliphatic hydroxyl groups excluding tert-OH is 2. The minimum Gasteiger partial charge on any atom is -0.389 e. The number of allylic oxidation sites excluding steroid dienone is 2. The van der Waals surface area contributed by atoms with Crippen LogP contribution in [-0.2, 0) is 0 Å². The molecule has 0 unspecified atom stereocenters. The molecule has 0 amide bonds. The van der Waals surface area contributed by atoms with Crippen molar-refractivity contribution in [2.45, 2.75) is 26.1 Å². The summed E-state index contributed by atoms with van der Waals surface area (Å²) in [6, 6.07) is 0. The molecule has 2 heteroatoms. The molecular weight excluding hydrogens is 140 g/mol. The molecule has 62 valence electrons. The summed E-state index contributed by atoms with van der Waals surface area (Å²) >= 11 is 0. The van der Waals surface area contributed by atoms with Gasteiger partial charge in [0, 0.05) is 5.92 Å². The van der Waals surface area contributed by atoms with E-state index in [1.54, 1.807) is 12.2 Å². The van der Waals surface area contributed by atoms with Gasteiger partial charge in [-0.1, -0.05) is 25.2 Å². The molecule has 0 aromatic carbocycles. The second-order valence-corrected chi connectivity index (χ2v) is 3.09. The van der Waals surface area contributed by atoms with Crippen molar-refractivity contribution in [3.05, 3.63) is 23.8 Å². The Balaban J connectivity index is 2.81. The fraction of sp³-hybridized carbons (Fsp3) is 0.556. The first-order valence-corrected chi connectivity index (χ1v) is 3.84. The molecule has 1 aliphatic rings. The van der Waals surface area contributed by atoms with Gasteiger partial charge in [0.2, 0.25) is 0 Å². The van der Waals surface area contributed by atoms with Gasteiger partial charge in [0.25, 0.3) is 0 Å². The van der Waals surface area contributed by atoms with Gasteiger partial charge in [-0.05, 0) is 12.5 Å². The largest absolute Gasteiger partial charge is 0.389 e. The van der Waals surface area contributed by atoms with Crippen LogP contribution in [0.15, 0.2) is 23.8 Å². The number of aliphatic hydroxyl groups is 2. The van der Waals surface area contributed by atoms with Crippen molar-refractivity contribution >= 4 is 0 Å². The van der Waals surface area contributed by atoms with E-state index >= 15 is 0 Å². The van der Waals surface area contributed by atoms with E-state index in [4.69, 9.17) is 0 Å². The maximum Gasteiger partial charge on any atom is 0.0803 e. The van der Waals surface area contributed by atoms with Crippen LogP contribution in [0, 0.1) is 5.92 Å². The van der Waals surface area contributed by atoms with Crippen molar-refractivity contribution in [3.63, 3.8) is 0 Å². The van der Waals surface area contributed by atoms with E-state index in [0.717, 1.165) is 5.57 Å². The highest BCUT2D eigenvalue weighted by molar-refractivity contribution is 5.20. The molecule has 0 aromatic heterocycles. The van der Waals surface area contributed by atoms with Crippen LogP contribution in [0.25, 0.3) is 0 Å². The van der Waals surface area contributed by atoms with Gasteiger partial charge < -0.3 is 10.2 Å². The molecule has 2 nitrogen and oxygen atoms in total. The fourth-order valence-corrected chi connectivity index (χ4v) is 1.20. The maximum atomic E-state index is 9.53. The molecule has 0 fully saturated rings. The summed E-state index contributed by atoms with van der Waals surface area (Å²) in [5, 5.41) is 18.9. The van der Waals surface area contributed by atoms with Crippen LogP contribution in [0.1, 0.15) is 13.8 Å². The Morgan fingerprint density at radius 2 is 2.00 bits per heavy atom. The van der Waals surface area contributed by atoms with Gasteiger partial charge in [-0.2, -0.15) is 0 Å². The Morgan fingerprint density at radius 1 is 1.36 bits per heavy atom. The molecular formula is C9H14O2. The molecule has 2 N–H and O–H groups in total. The van der Waals surface area contributed by atoms with Crippen LogP contribution in [0.3, 0.4) is 0 Å². The first kappa shape index (κ1) is 8.50. The highest BCUT2D eigenvalue weighted by Crippen LogP contribution is 2.19. The van der Waals surface area contributed by atoms with Crippen LogP contribution in [0.5, 0.6) is 0 Å². The minimum atomic E-state index is -0.529. The molecule has 1 aliphatic carbocycles. The smallest absolute Gasteiger partial charge is 0.0803 e. The van der Waals surface area contributed by atoms with E-state index in [-0.39, 0.29) is 5.92 Å². The zero-order chi connectivity index (χ0) is 8.43. The molecule has 0 aliphatic heterocycles. The van der Waals surface area contributed by atoms with E-state index in [1.165, 1.54) is 0 Å². The van der Waals surface area contributed by atoms with Crippen molar-refractivity contribution in [2.75, 3.05) is 0 Å². The van der Waals surface area contributed by atoms with Gasteiger partial charge >= 0.3 is 0 Å². The summed E-state index contributed by atoms with van der Waals surface area (Å²) in [7, 11) is 0. The quantitative estimate of drug-likeness (QED) is 0.543. The van der Waals surface area contributed by atoms with Crippen molar-refractivity contribution < 1.29 is 10.2 Å². The standard InChI is InChI=1S/C9H14O2/c1-6-4-3-5-8(10)7(2)9(6)11/h3-5,7-11H,1-2H3/t7-,8+,9+/m1/s1. The van der Waals surface area contributed by atoms with Crippen molar-refractivity contribution in [1.29, 1.82) is 0 Å². The summed E-state index contributed by atoms with van der Waals surface area (Å²) in [4.78, 5) is 0. The monoisotopic (exact) mass is 154 g/mol. The van der Waals surface area contributed by atoms with Crippen LogP contribution < -0.4 is 0 Å². The lowest BCUT2D eigenvalue weighted by Crippen LogP contribution is -2.27. The fourth-order valence-electron chi connectivity index (χ4n) is 1.20. The predicted molar refractivity (Wildman–Crippen MR) is 44.1 cm³/mol. The highest BCUT2D eigenvalue weighted by atomic mass is 16.3. The SMILES string of the molecule is CC1=CC=C[C@H](O)[C@@H](C)[C@H]1O. The lowest BCUT2D eigenvalue weighted by molar-refractivity contribution is 0.0676. The number of hydrogen-bond donors (Lipinski definition) is 2. The molecule has 0 radical (unpaired) electrons. The van der Waals surface area contributed by atoms with Crippen LogP contribution in [0.2, 0.25) is 0 Å². The van der Waals surface area contributed by atoms with E-state index < -0.39 is 12.2 Å². The minimum absolute atomic E-state index is 0.106. The van der Waals surface area contributed by atoms with Gasteiger partial charge in [-0.15, -0.1) is 0 Å². The van der Waals surface area contributed by atoms with Crippen molar-refractivity contribution in [2.24, 2.45) is 5.92 Å². The number of hydrogen-bond acceptors (Lipinski definition) is 2. The van der Waals surface area contributed by atoms with E-state index in [9.17, 15) is 10.2 Å². The Kier molecular flexibility index (Phi) is 2.47. The van der Waals surface area contributed by atoms with Crippen molar-refractivity contribution in [3.8, 4) is 0 Å². The predicted octanol–water partition coefficient (Wildman–Crippen LogP) is 0.860. The Bertz CT molecular complexity index is 194. The molecule has 0 heterocycles. The third-order valence-electron chi connectivity index (χ3n) is 2.17. The van der Waals surface area contributed by atoms with Gasteiger partial charge in [0.1, 0.15) is 0 Å². The summed E-state index contributed by atoms with van der Waals surface area (Å²) < 4.78 is 0. The summed E-state index contributed by atoms with van der Waals surface area (Å²) in [6.07, 6.45) is 4.27. The third kappa shape index (κ3) is 1.70. The zero-order valence-electron chi connectivity index (χ0n) is 6.86. The van der Waals surface area contributed by atoms with E-state index in [2.05, 4.69) is 0 Å². The summed E-state index contributed by atoms with van der Waals surface area (Å²) in [6.45, 7) is 3.70. The Hall–Kier alpha value is -0.600. The molecule has 11 heavy (non-hydrogen) atoms. The molecule has 0 bridgehead atoms. The first-order chi connectivity index (χ1) is 5.13. The van der Waals surface area contributed by atoms with Gasteiger partial charge in [0.05, 0.1) is 12.2 Å². The normalized spacial score (nSPS) is 38.2. The highest BCUT2D eigenvalue weighted by Gasteiger charge is 2.22. The average Bonchev–Trinajstić information content (AvgIpc) is 2.07. The van der Waals surface area contributed by atoms with Crippen LogP contribution in [-0.4, -0.2) is 22.4 Å². The molecule has 3 atom stereocenters. The molecule has 0 saturated heterocycles. The third-order valence-corrected chi connectivity index (χ3v) is 2.17. The zero-order valence-corrected chi connectivity index (χ0v) is 6.86. The first-order valence-electron chi connectivity index (χ1n) is 3.84. The lowest BCUT2D eigenvalue weighted by atomic mass is 9.95. The Labute approximate surface area is 66.9 Å². The van der Waals surface area contributed by atoms with Crippen molar-refractivity contribution in [1.82, 2.24) is 0 Å². The van der Waals surface area contributed by atoms with Crippen LogP contribution in [0.4, 0.5) is 0 Å². The van der Waals surface area contributed by atoms with Gasteiger partial charge in [0.15, 0.2) is 0 Å². The molecule has 0 aromatic rings. The van der Waals surface area contributed by atoms with Gasteiger partial charge in [-0.3, -0.25) is 0 Å². The van der Waals surface area contributed by atoms with Gasteiger partial charge in [-0.25, -0.2) is 0 Å².